The zero-order valence-corrected chi connectivity index (χ0v) is 18.2. The fraction of sp³-hybridized carbons (Fsp3) is 0.667. The molecular formula is C21H32BrNO5. The molecule has 28 heavy (non-hydrogen) atoms. The summed E-state index contributed by atoms with van der Waals surface area (Å²) in [4.78, 5) is 12.7. The fourth-order valence-corrected chi connectivity index (χ4v) is 4.97. The SMILES string of the molecule is CCCC[N+]1(C)[C@@H]2CC(OC(=O)[C@H](CO)c3ccccc3)C[C@H]1[C@H](O)[C@H]2O.[Br-]. The third-order valence-electron chi connectivity index (χ3n) is 6.61. The van der Waals surface area contributed by atoms with E-state index in [0.29, 0.717) is 17.3 Å². The van der Waals surface area contributed by atoms with E-state index < -0.39 is 24.1 Å². The number of benzene rings is 1. The Morgan fingerprint density at radius 1 is 1.18 bits per heavy atom. The highest BCUT2D eigenvalue weighted by Crippen LogP contribution is 2.43. The van der Waals surface area contributed by atoms with Crippen molar-refractivity contribution in [2.24, 2.45) is 0 Å². The van der Waals surface area contributed by atoms with Crippen molar-refractivity contribution in [3.05, 3.63) is 35.9 Å². The van der Waals surface area contributed by atoms with Crippen molar-refractivity contribution < 1.29 is 46.3 Å². The molecule has 0 spiro atoms. The van der Waals surface area contributed by atoms with Gasteiger partial charge in [-0.05, 0) is 12.0 Å². The first-order valence-electron chi connectivity index (χ1n) is 9.99. The van der Waals surface area contributed by atoms with Gasteiger partial charge in [0.15, 0.2) is 0 Å². The summed E-state index contributed by atoms with van der Waals surface area (Å²) in [6.07, 6.45) is 1.25. The van der Waals surface area contributed by atoms with E-state index in [2.05, 4.69) is 14.0 Å². The molecule has 0 aromatic heterocycles. The van der Waals surface area contributed by atoms with Crippen molar-refractivity contribution in [3.8, 4) is 0 Å². The largest absolute Gasteiger partial charge is 1.00 e. The van der Waals surface area contributed by atoms with Gasteiger partial charge >= 0.3 is 5.97 Å². The maximum atomic E-state index is 12.7. The maximum absolute atomic E-state index is 12.7. The molecule has 2 saturated heterocycles. The van der Waals surface area contributed by atoms with Crippen molar-refractivity contribution >= 4 is 5.97 Å². The van der Waals surface area contributed by atoms with Crippen LogP contribution < -0.4 is 17.0 Å². The smallest absolute Gasteiger partial charge is 0.316 e. The lowest BCUT2D eigenvalue weighted by Gasteiger charge is -2.47. The van der Waals surface area contributed by atoms with Crippen LogP contribution in [0, 0.1) is 0 Å². The molecule has 0 radical (unpaired) electrons. The minimum absolute atomic E-state index is 0. The third-order valence-corrected chi connectivity index (χ3v) is 6.61. The number of esters is 1. The number of rotatable bonds is 7. The van der Waals surface area contributed by atoms with Crippen molar-refractivity contribution in [1.82, 2.24) is 0 Å². The Hall–Kier alpha value is -0.990. The molecule has 3 N–H and O–H groups in total. The molecule has 7 heteroatoms. The Kier molecular flexibility index (Phi) is 8.05. The lowest BCUT2D eigenvalue weighted by Crippen LogP contribution is -3.00. The van der Waals surface area contributed by atoms with Gasteiger partial charge in [-0.3, -0.25) is 4.79 Å². The second-order valence-electron chi connectivity index (χ2n) is 8.22. The molecule has 0 aliphatic carbocycles. The minimum Gasteiger partial charge on any atom is -1.00 e. The van der Waals surface area contributed by atoms with Crippen LogP contribution >= 0.6 is 0 Å². The molecule has 158 valence electrons. The average molecular weight is 458 g/mol. The summed E-state index contributed by atoms with van der Waals surface area (Å²) in [6.45, 7) is 2.73. The first kappa shape index (κ1) is 23.3. The van der Waals surface area contributed by atoms with Gasteiger partial charge in [-0.2, -0.15) is 0 Å². The lowest BCUT2D eigenvalue weighted by molar-refractivity contribution is -0.952. The Bertz CT molecular complexity index is 625. The Morgan fingerprint density at radius 2 is 1.75 bits per heavy atom. The molecule has 7 atom stereocenters. The Balaban J connectivity index is 0.00000280. The van der Waals surface area contributed by atoms with Crippen molar-refractivity contribution in [3.63, 3.8) is 0 Å². The van der Waals surface area contributed by atoms with Crippen molar-refractivity contribution in [2.45, 2.75) is 68.9 Å². The number of halogens is 1. The van der Waals surface area contributed by atoms with Gasteiger partial charge in [0.05, 0.1) is 20.2 Å². The van der Waals surface area contributed by atoms with E-state index >= 15 is 0 Å². The number of aliphatic hydroxyl groups is 3. The molecule has 2 unspecified atom stereocenters. The number of piperidine rings is 1. The number of likely N-dealkylation sites (N-methyl/N-ethyl adjacent to an activating group) is 1. The van der Waals surface area contributed by atoms with Gasteiger partial charge in [-0.25, -0.2) is 0 Å². The number of hydrogen-bond acceptors (Lipinski definition) is 5. The number of hydrogen-bond donors (Lipinski definition) is 3. The molecule has 1 aromatic rings. The van der Waals surface area contributed by atoms with Gasteiger partial charge in [-0.15, -0.1) is 0 Å². The summed E-state index contributed by atoms with van der Waals surface area (Å²) in [7, 11) is 2.10. The van der Waals surface area contributed by atoms with Gasteiger partial charge in [0.25, 0.3) is 0 Å². The molecule has 2 fully saturated rings. The summed E-state index contributed by atoms with van der Waals surface area (Å²) in [6, 6.07) is 8.86. The monoisotopic (exact) mass is 457 g/mol. The highest BCUT2D eigenvalue weighted by atomic mass is 79.9. The normalized spacial score (nSPS) is 35.1. The first-order valence-corrected chi connectivity index (χ1v) is 9.99. The lowest BCUT2D eigenvalue weighted by atomic mass is 9.95. The van der Waals surface area contributed by atoms with E-state index in [1.807, 2.05) is 18.2 Å². The van der Waals surface area contributed by atoms with Crippen molar-refractivity contribution in [1.29, 1.82) is 0 Å². The molecule has 2 bridgehead atoms. The van der Waals surface area contributed by atoms with E-state index in [1.165, 1.54) is 0 Å². The summed E-state index contributed by atoms with van der Waals surface area (Å²) in [5.74, 6) is -1.15. The molecule has 2 aliphatic heterocycles. The van der Waals surface area contributed by atoms with Crippen LogP contribution in [0.25, 0.3) is 0 Å². The van der Waals surface area contributed by atoms with Gasteiger partial charge in [0, 0.05) is 12.8 Å². The number of ether oxygens (including phenoxy) is 1. The van der Waals surface area contributed by atoms with Crippen LogP contribution in [0.1, 0.15) is 44.1 Å². The van der Waals surface area contributed by atoms with E-state index in [0.717, 1.165) is 24.9 Å². The van der Waals surface area contributed by atoms with Gasteiger partial charge in [0.1, 0.15) is 36.3 Å². The fourth-order valence-electron chi connectivity index (χ4n) is 4.97. The first-order chi connectivity index (χ1) is 12.9. The predicted molar refractivity (Wildman–Crippen MR) is 101 cm³/mol. The molecule has 0 amide bonds. The topological polar surface area (TPSA) is 87.0 Å². The highest BCUT2D eigenvalue weighted by Gasteiger charge is 2.62. The molecule has 2 heterocycles. The van der Waals surface area contributed by atoms with Gasteiger partial charge < -0.3 is 41.5 Å². The molecule has 2 aliphatic rings. The summed E-state index contributed by atoms with van der Waals surface area (Å²) < 4.78 is 6.39. The van der Waals surface area contributed by atoms with E-state index in [4.69, 9.17) is 4.74 Å². The number of carbonyl (C=O) groups is 1. The summed E-state index contributed by atoms with van der Waals surface area (Å²) in [5, 5.41) is 30.8. The second kappa shape index (κ2) is 9.67. The van der Waals surface area contributed by atoms with Crippen LogP contribution in [0.3, 0.4) is 0 Å². The van der Waals surface area contributed by atoms with Gasteiger partial charge in [-0.1, -0.05) is 43.7 Å². The Morgan fingerprint density at radius 3 is 2.25 bits per heavy atom. The number of nitrogens with zero attached hydrogens (tertiary/aromatic N) is 1. The molecule has 3 rings (SSSR count). The number of fused-ring (bicyclic) bond motifs is 2. The number of quaternary nitrogens is 1. The summed E-state index contributed by atoms with van der Waals surface area (Å²) in [5.41, 5.74) is 0.729. The van der Waals surface area contributed by atoms with Crippen molar-refractivity contribution in [2.75, 3.05) is 20.2 Å². The van der Waals surface area contributed by atoms with Crippen LogP contribution in [0.5, 0.6) is 0 Å². The van der Waals surface area contributed by atoms with Gasteiger partial charge in [0.2, 0.25) is 0 Å². The number of carbonyl (C=O) groups excluding carboxylic acids is 1. The minimum atomic E-state index is -0.789. The van der Waals surface area contributed by atoms with Crippen LogP contribution in [-0.2, 0) is 9.53 Å². The van der Waals surface area contributed by atoms with Crippen LogP contribution in [0.15, 0.2) is 30.3 Å². The van der Waals surface area contributed by atoms with E-state index in [1.54, 1.807) is 12.1 Å². The Labute approximate surface area is 177 Å². The van der Waals surface area contributed by atoms with Crippen LogP contribution in [-0.4, -0.2) is 76.4 Å². The maximum Gasteiger partial charge on any atom is 0.316 e. The predicted octanol–water partition coefficient (Wildman–Crippen LogP) is -1.81. The molecule has 6 nitrogen and oxygen atoms in total. The zero-order valence-electron chi connectivity index (χ0n) is 16.6. The standard InChI is InChI=1S/C21H32NO5.BrH/c1-3-4-10-22(2)17-11-15(12-18(22)20(25)19(17)24)27-21(26)16(13-23)14-8-6-5-7-9-14;/h5-9,15-20,23-25H,3-4,10-13H2,1-2H3;1H/q+1;/p-1/t15?,16-,17-,18+,19+,20+,22?;/m1./s1. The molecule has 1 aromatic carbocycles. The van der Waals surface area contributed by atoms with E-state index in [9.17, 15) is 20.1 Å². The number of aliphatic hydroxyl groups excluding tert-OH is 3. The average Bonchev–Trinajstić information content (AvgIpc) is 2.76. The molecular weight excluding hydrogens is 426 g/mol. The highest BCUT2D eigenvalue weighted by molar-refractivity contribution is 5.78. The summed E-state index contributed by atoms with van der Waals surface area (Å²) >= 11 is 0. The molecule has 0 saturated carbocycles. The zero-order chi connectivity index (χ0) is 19.6. The van der Waals surface area contributed by atoms with Crippen LogP contribution in [0.4, 0.5) is 0 Å². The quantitative estimate of drug-likeness (QED) is 0.332. The number of unbranched alkanes of at least 4 members (excludes halogenated alkanes) is 1. The van der Waals surface area contributed by atoms with E-state index in [-0.39, 0.29) is 41.8 Å². The second-order valence-corrected chi connectivity index (χ2v) is 8.22. The van der Waals surface area contributed by atoms with Crippen LogP contribution in [0.2, 0.25) is 0 Å². The third kappa shape index (κ3) is 4.28.